The molecule has 3 nitrogen and oxygen atoms in total. The lowest BCUT2D eigenvalue weighted by atomic mass is 10.2. The molecule has 0 bridgehead atoms. The maximum absolute atomic E-state index is 10.0. The number of benzene rings is 1. The Kier molecular flexibility index (Phi) is 3.73. The highest BCUT2D eigenvalue weighted by molar-refractivity contribution is 5.45. The fraction of sp³-hybridized carbons (Fsp3) is 0.214. The Labute approximate surface area is 101 Å². The van der Waals surface area contributed by atoms with Crippen LogP contribution in [0.4, 0.5) is 5.69 Å². The molecule has 2 aromatic rings. The van der Waals surface area contributed by atoms with E-state index in [0.29, 0.717) is 12.2 Å². The Morgan fingerprint density at radius 3 is 2.47 bits per heavy atom. The van der Waals surface area contributed by atoms with E-state index in [-0.39, 0.29) is 0 Å². The first-order valence-corrected chi connectivity index (χ1v) is 5.62. The van der Waals surface area contributed by atoms with Crippen LogP contribution in [0.2, 0.25) is 0 Å². The SMILES string of the molecule is CN(CC(O)c1ccccn1)c1ccccc1. The molecule has 2 rings (SSSR count). The van der Waals surface area contributed by atoms with Crippen molar-refractivity contribution in [2.45, 2.75) is 6.10 Å². The standard InChI is InChI=1S/C14H16N2O/c1-16(12-7-3-2-4-8-12)11-14(17)13-9-5-6-10-15-13/h2-10,14,17H,11H2,1H3. The predicted molar refractivity (Wildman–Crippen MR) is 68.9 cm³/mol. The van der Waals surface area contributed by atoms with Gasteiger partial charge in [-0.15, -0.1) is 0 Å². The third-order valence-corrected chi connectivity index (χ3v) is 2.67. The lowest BCUT2D eigenvalue weighted by Gasteiger charge is -2.22. The number of aliphatic hydroxyl groups is 1. The molecule has 1 unspecified atom stereocenters. The van der Waals surface area contributed by atoms with Crippen LogP contribution in [0.1, 0.15) is 11.8 Å². The van der Waals surface area contributed by atoms with E-state index in [1.807, 2.05) is 60.5 Å². The Bertz CT molecular complexity index is 401. The van der Waals surface area contributed by atoms with E-state index in [4.69, 9.17) is 0 Å². The number of rotatable bonds is 4. The van der Waals surface area contributed by atoms with Gasteiger partial charge in [0.25, 0.3) is 0 Å². The first kappa shape index (κ1) is 11.6. The summed E-state index contributed by atoms with van der Waals surface area (Å²) in [5.74, 6) is 0. The van der Waals surface area contributed by atoms with Crippen LogP contribution in [-0.2, 0) is 0 Å². The number of aliphatic hydroxyl groups excluding tert-OH is 1. The first-order valence-electron chi connectivity index (χ1n) is 5.62. The molecule has 17 heavy (non-hydrogen) atoms. The Morgan fingerprint density at radius 1 is 1.12 bits per heavy atom. The molecule has 0 saturated heterocycles. The van der Waals surface area contributed by atoms with Gasteiger partial charge in [-0.25, -0.2) is 0 Å². The number of hydrogen-bond acceptors (Lipinski definition) is 3. The van der Waals surface area contributed by atoms with E-state index in [0.717, 1.165) is 5.69 Å². The normalized spacial score (nSPS) is 12.1. The second-order valence-corrected chi connectivity index (χ2v) is 3.99. The molecule has 0 amide bonds. The van der Waals surface area contributed by atoms with Crippen molar-refractivity contribution < 1.29 is 5.11 Å². The van der Waals surface area contributed by atoms with Gasteiger partial charge in [-0.1, -0.05) is 24.3 Å². The monoisotopic (exact) mass is 228 g/mol. The van der Waals surface area contributed by atoms with Gasteiger partial charge in [0.2, 0.25) is 0 Å². The molecule has 0 aliphatic rings. The van der Waals surface area contributed by atoms with Crippen molar-refractivity contribution in [2.75, 3.05) is 18.5 Å². The summed E-state index contributed by atoms with van der Waals surface area (Å²) in [6, 6.07) is 15.6. The van der Waals surface area contributed by atoms with E-state index < -0.39 is 6.10 Å². The Morgan fingerprint density at radius 2 is 1.82 bits per heavy atom. The first-order chi connectivity index (χ1) is 8.27. The molecule has 0 fully saturated rings. The fourth-order valence-corrected chi connectivity index (χ4v) is 1.71. The summed E-state index contributed by atoms with van der Waals surface area (Å²) in [5.41, 5.74) is 1.79. The molecule has 0 spiro atoms. The van der Waals surface area contributed by atoms with Crippen LogP contribution in [0, 0.1) is 0 Å². The highest BCUT2D eigenvalue weighted by Gasteiger charge is 2.11. The van der Waals surface area contributed by atoms with E-state index in [9.17, 15) is 5.11 Å². The maximum Gasteiger partial charge on any atom is 0.113 e. The molecule has 1 aromatic heterocycles. The van der Waals surface area contributed by atoms with Gasteiger partial charge in [-0.05, 0) is 24.3 Å². The molecule has 88 valence electrons. The van der Waals surface area contributed by atoms with Crippen molar-refractivity contribution in [3.8, 4) is 0 Å². The van der Waals surface area contributed by atoms with Crippen molar-refractivity contribution in [1.82, 2.24) is 4.98 Å². The lowest BCUT2D eigenvalue weighted by Crippen LogP contribution is -2.24. The highest BCUT2D eigenvalue weighted by atomic mass is 16.3. The number of likely N-dealkylation sites (N-methyl/N-ethyl adjacent to an activating group) is 1. The summed E-state index contributed by atoms with van der Waals surface area (Å²) in [4.78, 5) is 6.16. The molecule has 1 atom stereocenters. The maximum atomic E-state index is 10.0. The Hall–Kier alpha value is -1.87. The molecule has 1 N–H and O–H groups in total. The van der Waals surface area contributed by atoms with Crippen LogP contribution < -0.4 is 4.90 Å². The molecular formula is C14H16N2O. The third-order valence-electron chi connectivity index (χ3n) is 2.67. The topological polar surface area (TPSA) is 36.4 Å². The number of pyridine rings is 1. The van der Waals surface area contributed by atoms with Gasteiger partial charge in [0, 0.05) is 25.5 Å². The second-order valence-electron chi connectivity index (χ2n) is 3.99. The zero-order valence-electron chi connectivity index (χ0n) is 9.82. The lowest BCUT2D eigenvalue weighted by molar-refractivity contribution is 0.180. The summed E-state index contributed by atoms with van der Waals surface area (Å²) in [6.07, 6.45) is 1.13. The average molecular weight is 228 g/mol. The smallest absolute Gasteiger partial charge is 0.113 e. The minimum absolute atomic E-state index is 0.529. The summed E-state index contributed by atoms with van der Waals surface area (Å²) in [6.45, 7) is 0.529. The van der Waals surface area contributed by atoms with Crippen LogP contribution in [0.25, 0.3) is 0 Å². The van der Waals surface area contributed by atoms with Gasteiger partial charge < -0.3 is 10.0 Å². The minimum atomic E-state index is -0.568. The minimum Gasteiger partial charge on any atom is -0.385 e. The van der Waals surface area contributed by atoms with Crippen LogP contribution in [0.5, 0.6) is 0 Å². The van der Waals surface area contributed by atoms with Crippen molar-refractivity contribution in [2.24, 2.45) is 0 Å². The fourth-order valence-electron chi connectivity index (χ4n) is 1.71. The number of nitrogens with zero attached hydrogens (tertiary/aromatic N) is 2. The average Bonchev–Trinajstić information content (AvgIpc) is 2.40. The van der Waals surface area contributed by atoms with Gasteiger partial charge in [0.05, 0.1) is 5.69 Å². The summed E-state index contributed by atoms with van der Waals surface area (Å²) < 4.78 is 0. The number of aromatic nitrogens is 1. The molecule has 0 saturated carbocycles. The van der Waals surface area contributed by atoms with Crippen molar-refractivity contribution >= 4 is 5.69 Å². The van der Waals surface area contributed by atoms with Gasteiger partial charge in [-0.2, -0.15) is 0 Å². The van der Waals surface area contributed by atoms with E-state index in [1.165, 1.54) is 0 Å². The Balaban J connectivity index is 2.02. The van der Waals surface area contributed by atoms with Crippen LogP contribution in [0.3, 0.4) is 0 Å². The highest BCUT2D eigenvalue weighted by Crippen LogP contribution is 2.16. The molecule has 1 heterocycles. The van der Waals surface area contributed by atoms with Crippen LogP contribution in [0.15, 0.2) is 54.7 Å². The molecular weight excluding hydrogens is 212 g/mol. The summed E-state index contributed by atoms with van der Waals surface area (Å²) in [7, 11) is 1.96. The van der Waals surface area contributed by atoms with Gasteiger partial charge in [0.15, 0.2) is 0 Å². The van der Waals surface area contributed by atoms with Crippen molar-refractivity contribution in [3.63, 3.8) is 0 Å². The van der Waals surface area contributed by atoms with E-state index in [1.54, 1.807) is 6.20 Å². The zero-order valence-corrected chi connectivity index (χ0v) is 9.82. The van der Waals surface area contributed by atoms with E-state index >= 15 is 0 Å². The largest absolute Gasteiger partial charge is 0.385 e. The van der Waals surface area contributed by atoms with Crippen molar-refractivity contribution in [3.05, 3.63) is 60.4 Å². The second kappa shape index (κ2) is 5.46. The predicted octanol–water partition coefficient (Wildman–Crippen LogP) is 2.25. The van der Waals surface area contributed by atoms with Gasteiger partial charge in [-0.3, -0.25) is 4.98 Å². The molecule has 0 aliphatic carbocycles. The number of anilines is 1. The molecule has 0 radical (unpaired) electrons. The molecule has 0 aliphatic heterocycles. The summed E-state index contributed by atoms with van der Waals surface area (Å²) >= 11 is 0. The number of para-hydroxylation sites is 1. The quantitative estimate of drug-likeness (QED) is 0.872. The van der Waals surface area contributed by atoms with Gasteiger partial charge >= 0.3 is 0 Å². The van der Waals surface area contributed by atoms with Crippen LogP contribution in [-0.4, -0.2) is 23.7 Å². The van der Waals surface area contributed by atoms with Gasteiger partial charge in [0.1, 0.15) is 6.10 Å². The third kappa shape index (κ3) is 3.04. The van der Waals surface area contributed by atoms with E-state index in [2.05, 4.69) is 4.98 Å². The van der Waals surface area contributed by atoms with Crippen molar-refractivity contribution in [1.29, 1.82) is 0 Å². The number of hydrogen-bond donors (Lipinski definition) is 1. The molecule has 3 heteroatoms. The van der Waals surface area contributed by atoms with Crippen LogP contribution >= 0.6 is 0 Å². The summed E-state index contributed by atoms with van der Waals surface area (Å²) in [5, 5.41) is 10.0. The zero-order chi connectivity index (χ0) is 12.1. The molecule has 1 aromatic carbocycles.